The lowest BCUT2D eigenvalue weighted by molar-refractivity contribution is 0.183. The molecule has 0 spiro atoms. The maximum atomic E-state index is 5.16. The number of hydrogen-bond donors (Lipinski definition) is 0. The molecule has 0 aromatic heterocycles. The molecule has 0 aliphatic carbocycles. The van der Waals surface area contributed by atoms with Gasteiger partial charge in [0, 0.05) is 35.7 Å². The fraction of sp³-hybridized carbons (Fsp3) is 0.500. The highest BCUT2D eigenvalue weighted by Crippen LogP contribution is 2.26. The minimum absolute atomic E-state index is 0.367. The van der Waals surface area contributed by atoms with E-state index < -0.39 is 0 Å². The summed E-state index contributed by atoms with van der Waals surface area (Å²) in [5, 5.41) is 0.866. The van der Waals surface area contributed by atoms with Crippen LogP contribution in [0.15, 0.2) is 22.7 Å². The lowest BCUT2D eigenvalue weighted by Crippen LogP contribution is -2.32. The number of methoxy groups -OCH3 is 1. The molecule has 90 valence electrons. The van der Waals surface area contributed by atoms with Gasteiger partial charge in [0.2, 0.25) is 0 Å². The summed E-state index contributed by atoms with van der Waals surface area (Å²) < 4.78 is 6.30. The average molecular weight is 351 g/mol. The molecule has 0 radical (unpaired) electrons. The van der Waals surface area contributed by atoms with Gasteiger partial charge >= 0.3 is 0 Å². The SMILES string of the molecule is COCC(C)N(C)c1ccc(CBr)c(Br)c1. The number of halogens is 2. The first-order valence-corrected chi connectivity index (χ1v) is 7.07. The van der Waals surface area contributed by atoms with Crippen molar-refractivity contribution in [2.24, 2.45) is 0 Å². The van der Waals surface area contributed by atoms with E-state index >= 15 is 0 Å². The summed E-state index contributed by atoms with van der Waals surface area (Å²) in [5.41, 5.74) is 2.46. The van der Waals surface area contributed by atoms with Crippen molar-refractivity contribution in [3.63, 3.8) is 0 Å². The molecule has 0 saturated carbocycles. The van der Waals surface area contributed by atoms with Crippen molar-refractivity contribution in [1.82, 2.24) is 0 Å². The minimum atomic E-state index is 0.367. The fourth-order valence-electron chi connectivity index (χ4n) is 1.47. The molecule has 2 nitrogen and oxygen atoms in total. The minimum Gasteiger partial charge on any atom is -0.383 e. The van der Waals surface area contributed by atoms with Crippen molar-refractivity contribution in [3.8, 4) is 0 Å². The number of hydrogen-bond acceptors (Lipinski definition) is 2. The first kappa shape index (κ1) is 14.0. The third-order valence-corrected chi connectivity index (χ3v) is 4.00. The summed E-state index contributed by atoms with van der Waals surface area (Å²) in [5.74, 6) is 0. The number of alkyl halides is 1. The Hall–Kier alpha value is -0.0600. The van der Waals surface area contributed by atoms with Crippen LogP contribution in [-0.2, 0) is 10.1 Å². The number of anilines is 1. The van der Waals surface area contributed by atoms with Gasteiger partial charge in [-0.2, -0.15) is 0 Å². The maximum absolute atomic E-state index is 5.16. The Kier molecular flexibility index (Phi) is 5.79. The van der Waals surface area contributed by atoms with Gasteiger partial charge in [0.05, 0.1) is 6.61 Å². The topological polar surface area (TPSA) is 12.5 Å². The molecule has 0 fully saturated rings. The summed E-state index contributed by atoms with van der Waals surface area (Å²) >= 11 is 7.04. The molecule has 0 bridgehead atoms. The van der Waals surface area contributed by atoms with Crippen molar-refractivity contribution < 1.29 is 4.74 Å². The number of benzene rings is 1. The van der Waals surface area contributed by atoms with Crippen LogP contribution in [0.3, 0.4) is 0 Å². The highest BCUT2D eigenvalue weighted by Gasteiger charge is 2.10. The lowest BCUT2D eigenvalue weighted by atomic mass is 10.2. The largest absolute Gasteiger partial charge is 0.383 e. The number of likely N-dealkylation sites (N-methyl/N-ethyl adjacent to an activating group) is 1. The van der Waals surface area contributed by atoms with E-state index in [0.717, 1.165) is 16.4 Å². The zero-order chi connectivity index (χ0) is 12.1. The summed E-state index contributed by atoms with van der Waals surface area (Å²) in [6, 6.07) is 6.77. The van der Waals surface area contributed by atoms with Crippen molar-refractivity contribution >= 4 is 37.5 Å². The van der Waals surface area contributed by atoms with E-state index in [1.165, 1.54) is 11.3 Å². The Morgan fingerprint density at radius 3 is 2.62 bits per heavy atom. The van der Waals surface area contributed by atoms with Crippen LogP contribution in [-0.4, -0.2) is 26.8 Å². The van der Waals surface area contributed by atoms with Gasteiger partial charge in [-0.25, -0.2) is 0 Å². The third kappa shape index (κ3) is 3.47. The van der Waals surface area contributed by atoms with Crippen LogP contribution < -0.4 is 4.90 Å². The summed E-state index contributed by atoms with van der Waals surface area (Å²) in [6.45, 7) is 2.88. The molecule has 16 heavy (non-hydrogen) atoms. The average Bonchev–Trinajstić information content (AvgIpc) is 2.28. The molecule has 0 aliphatic rings. The van der Waals surface area contributed by atoms with E-state index in [1.54, 1.807) is 7.11 Å². The lowest BCUT2D eigenvalue weighted by Gasteiger charge is -2.26. The third-order valence-electron chi connectivity index (χ3n) is 2.66. The van der Waals surface area contributed by atoms with Gasteiger partial charge in [-0.15, -0.1) is 0 Å². The number of ether oxygens (including phenoxy) is 1. The number of rotatable bonds is 5. The van der Waals surface area contributed by atoms with Crippen LogP contribution in [0.25, 0.3) is 0 Å². The van der Waals surface area contributed by atoms with Crippen LogP contribution >= 0.6 is 31.9 Å². The smallest absolute Gasteiger partial charge is 0.0663 e. The quantitative estimate of drug-likeness (QED) is 0.748. The zero-order valence-corrected chi connectivity index (χ0v) is 13.0. The van der Waals surface area contributed by atoms with E-state index in [1.807, 2.05) is 0 Å². The first-order chi connectivity index (χ1) is 7.60. The highest BCUT2D eigenvalue weighted by molar-refractivity contribution is 9.10. The van der Waals surface area contributed by atoms with E-state index in [4.69, 9.17) is 4.74 Å². The van der Waals surface area contributed by atoms with Crippen LogP contribution in [0, 0.1) is 0 Å². The van der Waals surface area contributed by atoms with Gasteiger partial charge in [-0.05, 0) is 24.6 Å². The Morgan fingerprint density at radius 2 is 2.12 bits per heavy atom. The number of nitrogens with zero attached hydrogens (tertiary/aromatic N) is 1. The second kappa shape index (κ2) is 6.62. The van der Waals surface area contributed by atoms with E-state index in [-0.39, 0.29) is 0 Å². The van der Waals surface area contributed by atoms with Gasteiger partial charge < -0.3 is 9.64 Å². The molecule has 1 aromatic carbocycles. The summed E-state index contributed by atoms with van der Waals surface area (Å²) in [7, 11) is 3.81. The Morgan fingerprint density at radius 1 is 1.44 bits per heavy atom. The molecule has 0 saturated heterocycles. The molecular formula is C12H17Br2NO. The van der Waals surface area contributed by atoms with Crippen LogP contribution in [0.5, 0.6) is 0 Å². The molecule has 0 heterocycles. The molecule has 1 unspecified atom stereocenters. The van der Waals surface area contributed by atoms with E-state index in [9.17, 15) is 0 Å². The molecule has 0 N–H and O–H groups in total. The molecule has 1 aromatic rings. The maximum Gasteiger partial charge on any atom is 0.0663 e. The van der Waals surface area contributed by atoms with Crippen molar-refractivity contribution in [3.05, 3.63) is 28.2 Å². The first-order valence-electron chi connectivity index (χ1n) is 5.16. The Labute approximate surface area is 114 Å². The predicted octanol–water partition coefficient (Wildman–Crippen LogP) is 3.82. The molecule has 1 rings (SSSR count). The van der Waals surface area contributed by atoms with E-state index in [0.29, 0.717) is 6.04 Å². The predicted molar refractivity (Wildman–Crippen MR) is 76.5 cm³/mol. The van der Waals surface area contributed by atoms with Crippen LogP contribution in [0.1, 0.15) is 12.5 Å². The second-order valence-corrected chi connectivity index (χ2v) is 5.24. The molecule has 0 aliphatic heterocycles. The van der Waals surface area contributed by atoms with Gasteiger partial charge in [0.15, 0.2) is 0 Å². The second-order valence-electron chi connectivity index (χ2n) is 3.82. The zero-order valence-electron chi connectivity index (χ0n) is 9.84. The van der Waals surface area contributed by atoms with Gasteiger partial charge in [-0.1, -0.05) is 37.9 Å². The Bertz CT molecular complexity index is 344. The summed E-state index contributed by atoms with van der Waals surface area (Å²) in [4.78, 5) is 2.21. The fourth-order valence-corrected chi connectivity index (χ4v) is 2.84. The molecular weight excluding hydrogens is 334 g/mol. The molecule has 4 heteroatoms. The normalized spacial score (nSPS) is 12.6. The Balaban J connectivity index is 2.84. The van der Waals surface area contributed by atoms with Crippen molar-refractivity contribution in [2.45, 2.75) is 18.3 Å². The van der Waals surface area contributed by atoms with Crippen LogP contribution in [0.4, 0.5) is 5.69 Å². The van der Waals surface area contributed by atoms with Gasteiger partial charge in [0.1, 0.15) is 0 Å². The van der Waals surface area contributed by atoms with Crippen LogP contribution in [0.2, 0.25) is 0 Å². The van der Waals surface area contributed by atoms with Crippen molar-refractivity contribution in [1.29, 1.82) is 0 Å². The van der Waals surface area contributed by atoms with Crippen molar-refractivity contribution in [2.75, 3.05) is 25.7 Å². The summed E-state index contributed by atoms with van der Waals surface area (Å²) in [6.07, 6.45) is 0. The monoisotopic (exact) mass is 349 g/mol. The highest BCUT2D eigenvalue weighted by atomic mass is 79.9. The molecule has 1 atom stereocenters. The van der Waals surface area contributed by atoms with E-state index in [2.05, 4.69) is 68.9 Å². The molecule has 0 amide bonds. The van der Waals surface area contributed by atoms with Gasteiger partial charge in [0.25, 0.3) is 0 Å². The standard InChI is InChI=1S/C12H17Br2NO/c1-9(8-16-3)15(2)11-5-4-10(7-13)12(14)6-11/h4-6,9H,7-8H2,1-3H3. The van der Waals surface area contributed by atoms with Gasteiger partial charge in [-0.3, -0.25) is 0 Å².